The predicted molar refractivity (Wildman–Crippen MR) is 110 cm³/mol. The van der Waals surface area contributed by atoms with Crippen LogP contribution in [0, 0.1) is 0 Å². The van der Waals surface area contributed by atoms with E-state index in [1.54, 1.807) is 56.7 Å². The van der Waals surface area contributed by atoms with E-state index < -0.39 is 0 Å². The number of hydrogen-bond acceptors (Lipinski definition) is 8. The van der Waals surface area contributed by atoms with Crippen molar-refractivity contribution in [1.29, 1.82) is 0 Å². The maximum atomic E-state index is 12.7. The molecule has 0 saturated heterocycles. The summed E-state index contributed by atoms with van der Waals surface area (Å²) in [6.45, 7) is 4.31. The number of rotatable bonds is 9. The van der Waals surface area contributed by atoms with Crippen molar-refractivity contribution in [3.05, 3.63) is 48.0 Å². The van der Waals surface area contributed by atoms with E-state index in [0.717, 1.165) is 5.75 Å². The summed E-state index contributed by atoms with van der Waals surface area (Å²) in [5.74, 6) is 2.23. The number of aromatic nitrogens is 2. The summed E-state index contributed by atoms with van der Waals surface area (Å²) in [5.41, 5.74) is 1.31. The number of ketones is 1. The van der Waals surface area contributed by atoms with E-state index in [9.17, 15) is 4.79 Å². The molecule has 0 aliphatic rings. The molecule has 1 aromatic heterocycles. The minimum Gasteiger partial charge on any atom is -0.494 e. The van der Waals surface area contributed by atoms with Crippen LogP contribution in [0.4, 0.5) is 0 Å². The summed E-state index contributed by atoms with van der Waals surface area (Å²) in [6, 6.07) is 12.4. The highest BCUT2D eigenvalue weighted by Gasteiger charge is 2.20. The first-order chi connectivity index (χ1) is 14.0. The summed E-state index contributed by atoms with van der Waals surface area (Å²) in [6.07, 6.45) is 0. The van der Waals surface area contributed by atoms with Gasteiger partial charge < -0.3 is 18.6 Å². The number of benzene rings is 2. The molecule has 0 bridgehead atoms. The average molecular weight is 414 g/mol. The van der Waals surface area contributed by atoms with Gasteiger partial charge in [-0.05, 0) is 56.3 Å². The first-order valence-electron chi connectivity index (χ1n) is 9.05. The van der Waals surface area contributed by atoms with Gasteiger partial charge in [0.1, 0.15) is 5.75 Å². The molecule has 2 aromatic carbocycles. The van der Waals surface area contributed by atoms with Crippen molar-refractivity contribution in [1.82, 2.24) is 10.2 Å². The van der Waals surface area contributed by atoms with Crippen LogP contribution in [0.1, 0.15) is 24.2 Å². The summed E-state index contributed by atoms with van der Waals surface area (Å²) in [5, 5.41) is 8.06. The number of carbonyl (C=O) groups excluding carboxylic acids is 1. The molecule has 0 spiro atoms. The third-order valence-corrected chi connectivity index (χ3v) is 5.07. The summed E-state index contributed by atoms with van der Waals surface area (Å²) in [7, 11) is 3.13. The zero-order valence-corrected chi connectivity index (χ0v) is 17.5. The normalized spacial score (nSPS) is 11.7. The van der Waals surface area contributed by atoms with Crippen molar-refractivity contribution in [3.63, 3.8) is 0 Å². The molecule has 3 rings (SSSR count). The van der Waals surface area contributed by atoms with Crippen molar-refractivity contribution in [2.75, 3.05) is 20.8 Å². The highest BCUT2D eigenvalue weighted by Crippen LogP contribution is 2.33. The largest absolute Gasteiger partial charge is 0.494 e. The maximum Gasteiger partial charge on any atom is 0.277 e. The third-order valence-electron chi connectivity index (χ3n) is 4.13. The lowest BCUT2D eigenvalue weighted by Crippen LogP contribution is -2.13. The minimum atomic E-state index is -0.383. The third kappa shape index (κ3) is 4.89. The van der Waals surface area contributed by atoms with Crippen LogP contribution in [0.2, 0.25) is 0 Å². The summed E-state index contributed by atoms with van der Waals surface area (Å²) >= 11 is 1.22. The second kappa shape index (κ2) is 9.47. The fraction of sp³-hybridized carbons (Fsp3) is 0.286. The molecule has 0 N–H and O–H groups in total. The Labute approximate surface area is 173 Å². The SMILES string of the molecule is CCOc1ccc(C(=O)[C@H](C)Sc2nnc(-c3ccc(OC)c(OC)c3)o2)cc1. The van der Waals surface area contributed by atoms with Crippen LogP contribution >= 0.6 is 11.8 Å². The van der Waals surface area contributed by atoms with Crippen molar-refractivity contribution in [3.8, 4) is 28.7 Å². The van der Waals surface area contributed by atoms with Crippen molar-refractivity contribution < 1.29 is 23.4 Å². The Morgan fingerprint density at radius 2 is 1.79 bits per heavy atom. The number of nitrogens with zero attached hydrogens (tertiary/aromatic N) is 2. The van der Waals surface area contributed by atoms with Gasteiger partial charge in [-0.1, -0.05) is 11.8 Å². The fourth-order valence-corrected chi connectivity index (χ4v) is 3.43. The molecule has 3 aromatic rings. The molecule has 0 aliphatic carbocycles. The lowest BCUT2D eigenvalue weighted by Gasteiger charge is -2.09. The number of methoxy groups -OCH3 is 2. The second-order valence-corrected chi connectivity index (χ2v) is 7.32. The standard InChI is InChI=1S/C21H22N2O5S/c1-5-27-16-9-6-14(7-10-16)19(24)13(2)29-21-23-22-20(28-21)15-8-11-17(25-3)18(12-15)26-4/h6-13H,5H2,1-4H3/t13-/m0/s1. The highest BCUT2D eigenvalue weighted by atomic mass is 32.2. The summed E-state index contributed by atoms with van der Waals surface area (Å²) in [4.78, 5) is 12.7. The van der Waals surface area contributed by atoms with Gasteiger partial charge in [-0.2, -0.15) is 0 Å². The topological polar surface area (TPSA) is 83.7 Å². The quantitative estimate of drug-likeness (QED) is 0.373. The van der Waals surface area contributed by atoms with Crippen molar-refractivity contribution in [2.45, 2.75) is 24.3 Å². The van der Waals surface area contributed by atoms with Gasteiger partial charge in [0.2, 0.25) is 5.89 Å². The molecule has 8 heteroatoms. The Bertz CT molecular complexity index is 971. The molecule has 29 heavy (non-hydrogen) atoms. The molecular formula is C21H22N2O5S. The number of hydrogen-bond donors (Lipinski definition) is 0. The van der Waals surface area contributed by atoms with Gasteiger partial charge in [0.15, 0.2) is 17.3 Å². The van der Waals surface area contributed by atoms with Crippen LogP contribution in [0.15, 0.2) is 52.1 Å². The van der Waals surface area contributed by atoms with Crippen LogP contribution in [-0.4, -0.2) is 42.1 Å². The molecule has 152 valence electrons. The molecular weight excluding hydrogens is 392 g/mol. The van der Waals surface area contributed by atoms with Gasteiger partial charge in [-0.3, -0.25) is 4.79 Å². The zero-order valence-electron chi connectivity index (χ0n) is 16.7. The van der Waals surface area contributed by atoms with Crippen LogP contribution in [-0.2, 0) is 0 Å². The first-order valence-corrected chi connectivity index (χ1v) is 9.93. The second-order valence-electron chi connectivity index (χ2n) is 6.02. The summed E-state index contributed by atoms with van der Waals surface area (Å²) < 4.78 is 21.7. The molecule has 0 radical (unpaired) electrons. The van der Waals surface area contributed by atoms with E-state index in [2.05, 4.69) is 10.2 Å². The van der Waals surface area contributed by atoms with Crippen LogP contribution in [0.5, 0.6) is 17.2 Å². The zero-order chi connectivity index (χ0) is 20.8. The Morgan fingerprint density at radius 3 is 2.45 bits per heavy atom. The average Bonchev–Trinajstić information content (AvgIpc) is 3.21. The van der Waals surface area contributed by atoms with Gasteiger partial charge in [0.05, 0.1) is 26.1 Å². The van der Waals surface area contributed by atoms with E-state index in [4.69, 9.17) is 18.6 Å². The highest BCUT2D eigenvalue weighted by molar-refractivity contribution is 8.00. The number of ether oxygens (including phenoxy) is 3. The fourth-order valence-electron chi connectivity index (χ4n) is 2.66. The smallest absolute Gasteiger partial charge is 0.277 e. The molecule has 1 atom stereocenters. The van der Waals surface area contributed by atoms with Gasteiger partial charge in [0, 0.05) is 11.1 Å². The van der Waals surface area contributed by atoms with E-state index in [1.807, 2.05) is 13.8 Å². The minimum absolute atomic E-state index is 0.0242. The maximum absolute atomic E-state index is 12.7. The number of Topliss-reactive ketones (excluding diaryl/α,β-unsaturated/α-hetero) is 1. The molecule has 0 fully saturated rings. The molecule has 7 nitrogen and oxygen atoms in total. The van der Waals surface area contributed by atoms with Crippen molar-refractivity contribution >= 4 is 17.5 Å². The van der Waals surface area contributed by atoms with Crippen molar-refractivity contribution in [2.24, 2.45) is 0 Å². The Balaban J connectivity index is 1.70. The van der Waals surface area contributed by atoms with E-state index >= 15 is 0 Å². The first kappa shape index (κ1) is 20.7. The Morgan fingerprint density at radius 1 is 1.07 bits per heavy atom. The number of carbonyl (C=O) groups is 1. The molecule has 0 amide bonds. The van der Waals surface area contributed by atoms with E-state index in [1.165, 1.54) is 11.8 Å². The van der Waals surface area contributed by atoms with Crippen LogP contribution in [0.25, 0.3) is 11.5 Å². The molecule has 0 unspecified atom stereocenters. The molecule has 1 heterocycles. The monoisotopic (exact) mass is 414 g/mol. The van der Waals surface area contributed by atoms with Gasteiger partial charge in [-0.15, -0.1) is 10.2 Å². The van der Waals surface area contributed by atoms with E-state index in [0.29, 0.717) is 40.3 Å². The Hall–Kier alpha value is -3.00. The predicted octanol–water partition coefficient (Wildman–Crippen LogP) is 4.52. The molecule has 0 aliphatic heterocycles. The molecule has 0 saturated carbocycles. The van der Waals surface area contributed by atoms with Crippen LogP contribution in [0.3, 0.4) is 0 Å². The van der Waals surface area contributed by atoms with Crippen LogP contribution < -0.4 is 14.2 Å². The van der Waals surface area contributed by atoms with E-state index in [-0.39, 0.29) is 11.0 Å². The lowest BCUT2D eigenvalue weighted by atomic mass is 10.1. The number of thioether (sulfide) groups is 1. The van der Waals surface area contributed by atoms with Gasteiger partial charge >= 0.3 is 0 Å². The lowest BCUT2D eigenvalue weighted by molar-refractivity contribution is 0.0993. The Kier molecular flexibility index (Phi) is 6.77. The van der Waals surface area contributed by atoms with Gasteiger partial charge in [0.25, 0.3) is 5.22 Å². The van der Waals surface area contributed by atoms with Gasteiger partial charge in [-0.25, -0.2) is 0 Å².